The minimum Gasteiger partial charge on any atom is -0.373 e. The molecule has 106 valence electrons. The lowest BCUT2D eigenvalue weighted by Crippen LogP contribution is -2.18. The van der Waals surface area contributed by atoms with Gasteiger partial charge in [-0.05, 0) is 26.0 Å². The molecule has 0 aliphatic rings. The molecule has 0 spiro atoms. The Morgan fingerprint density at radius 1 is 1.05 bits per heavy atom. The van der Waals surface area contributed by atoms with Crippen LogP contribution in [-0.4, -0.2) is 13.0 Å². The van der Waals surface area contributed by atoms with E-state index >= 15 is 0 Å². The average Bonchev–Trinajstić information content (AvgIpc) is 2.40. The van der Waals surface area contributed by atoms with E-state index in [4.69, 9.17) is 4.18 Å². The third-order valence-corrected chi connectivity index (χ3v) is 4.27. The zero-order chi connectivity index (χ0) is 14.9. The molecule has 0 saturated heterocycles. The van der Waals surface area contributed by atoms with Crippen molar-refractivity contribution in [1.29, 1.82) is 0 Å². The van der Waals surface area contributed by atoms with Crippen LogP contribution in [0, 0.1) is 13.8 Å². The second-order valence-electron chi connectivity index (χ2n) is 4.56. The molecular formula is C14H15NO4S. The number of aromatic nitrogens is 1. The molecule has 0 saturated carbocycles. The standard InChI is InChI=1S/C14H15NO4S/c1-10-4-6-12(7-5-10)20(17,18)19-14-11(2)15(3)9-8-13(14)16/h4-9H,1-3H3. The number of hydrogen-bond donors (Lipinski definition) is 0. The van der Waals surface area contributed by atoms with Crippen molar-refractivity contribution < 1.29 is 12.6 Å². The Bertz CT molecular complexity index is 789. The average molecular weight is 293 g/mol. The molecule has 0 amide bonds. The van der Waals surface area contributed by atoms with Crippen molar-refractivity contribution >= 4 is 10.1 Å². The summed E-state index contributed by atoms with van der Waals surface area (Å²) >= 11 is 0. The summed E-state index contributed by atoms with van der Waals surface area (Å²) in [6, 6.07) is 7.52. The normalized spacial score (nSPS) is 11.3. The van der Waals surface area contributed by atoms with Crippen LogP contribution < -0.4 is 9.61 Å². The Balaban J connectivity index is 2.46. The highest BCUT2D eigenvalue weighted by Gasteiger charge is 2.20. The number of benzene rings is 1. The highest BCUT2D eigenvalue weighted by Crippen LogP contribution is 2.18. The van der Waals surface area contributed by atoms with E-state index in [0.29, 0.717) is 5.69 Å². The molecule has 1 heterocycles. The summed E-state index contributed by atoms with van der Waals surface area (Å²) in [5, 5.41) is 0. The fraction of sp³-hybridized carbons (Fsp3) is 0.214. The Hall–Kier alpha value is -2.08. The van der Waals surface area contributed by atoms with Gasteiger partial charge in [-0.1, -0.05) is 17.7 Å². The van der Waals surface area contributed by atoms with Crippen LogP contribution in [0.5, 0.6) is 5.75 Å². The van der Waals surface area contributed by atoms with Crippen LogP contribution in [0.15, 0.2) is 46.2 Å². The summed E-state index contributed by atoms with van der Waals surface area (Å²) in [5.41, 5.74) is 0.931. The first kappa shape index (κ1) is 14.3. The topological polar surface area (TPSA) is 65.4 Å². The lowest BCUT2D eigenvalue weighted by atomic mass is 10.2. The first-order chi connectivity index (χ1) is 9.31. The van der Waals surface area contributed by atoms with Crippen molar-refractivity contribution in [2.45, 2.75) is 18.7 Å². The molecule has 20 heavy (non-hydrogen) atoms. The van der Waals surface area contributed by atoms with Gasteiger partial charge in [0, 0.05) is 19.3 Å². The minimum atomic E-state index is -4.01. The van der Waals surface area contributed by atoms with E-state index in [9.17, 15) is 13.2 Å². The zero-order valence-corrected chi connectivity index (χ0v) is 12.3. The third-order valence-electron chi connectivity index (χ3n) is 3.03. The first-order valence-electron chi connectivity index (χ1n) is 5.98. The predicted molar refractivity (Wildman–Crippen MR) is 75.4 cm³/mol. The van der Waals surface area contributed by atoms with Crippen LogP contribution in [0.4, 0.5) is 0 Å². The van der Waals surface area contributed by atoms with Gasteiger partial charge >= 0.3 is 10.1 Å². The maximum Gasteiger partial charge on any atom is 0.339 e. The second-order valence-corrected chi connectivity index (χ2v) is 6.10. The van der Waals surface area contributed by atoms with Crippen molar-refractivity contribution in [1.82, 2.24) is 4.57 Å². The monoisotopic (exact) mass is 293 g/mol. The molecule has 0 fully saturated rings. The molecule has 0 aliphatic carbocycles. The molecule has 6 heteroatoms. The van der Waals surface area contributed by atoms with Gasteiger partial charge in [-0.3, -0.25) is 4.79 Å². The van der Waals surface area contributed by atoms with Crippen LogP contribution in [0.2, 0.25) is 0 Å². The fourth-order valence-electron chi connectivity index (χ4n) is 1.67. The van der Waals surface area contributed by atoms with E-state index in [1.807, 2.05) is 6.92 Å². The Kier molecular flexibility index (Phi) is 3.67. The van der Waals surface area contributed by atoms with E-state index in [0.717, 1.165) is 5.56 Å². The molecular weight excluding hydrogens is 278 g/mol. The predicted octanol–water partition coefficient (Wildman–Crippen LogP) is 1.77. The van der Waals surface area contributed by atoms with E-state index in [-0.39, 0.29) is 10.6 Å². The highest BCUT2D eigenvalue weighted by molar-refractivity contribution is 7.87. The Morgan fingerprint density at radius 3 is 2.25 bits per heavy atom. The summed E-state index contributed by atoms with van der Waals surface area (Å²) < 4.78 is 31.0. The Morgan fingerprint density at radius 2 is 1.65 bits per heavy atom. The summed E-state index contributed by atoms with van der Waals surface area (Å²) in [5.74, 6) is -0.171. The second kappa shape index (κ2) is 5.13. The number of pyridine rings is 1. The zero-order valence-electron chi connectivity index (χ0n) is 11.5. The molecule has 0 aliphatic heterocycles. The number of aryl methyl sites for hydroxylation is 2. The molecule has 2 aromatic rings. The number of rotatable bonds is 3. The minimum absolute atomic E-state index is 0.0217. The SMILES string of the molecule is Cc1ccc(S(=O)(=O)Oc2c(C)n(C)ccc2=O)cc1. The van der Waals surface area contributed by atoms with Gasteiger partial charge in [-0.25, -0.2) is 0 Å². The third kappa shape index (κ3) is 2.75. The molecule has 1 aromatic heterocycles. The Labute approximate surface area is 117 Å². The maximum atomic E-state index is 12.2. The summed E-state index contributed by atoms with van der Waals surface area (Å²) in [6.45, 7) is 3.48. The van der Waals surface area contributed by atoms with Crippen LogP contribution in [0.25, 0.3) is 0 Å². The summed E-state index contributed by atoms with van der Waals surface area (Å²) in [7, 11) is -2.30. The van der Waals surface area contributed by atoms with Crippen LogP contribution >= 0.6 is 0 Å². The smallest absolute Gasteiger partial charge is 0.339 e. The fourth-order valence-corrected chi connectivity index (χ4v) is 2.66. The number of hydrogen-bond acceptors (Lipinski definition) is 4. The van der Waals surface area contributed by atoms with E-state index in [2.05, 4.69) is 0 Å². The molecule has 0 radical (unpaired) electrons. The molecule has 1 aromatic carbocycles. The largest absolute Gasteiger partial charge is 0.373 e. The van der Waals surface area contributed by atoms with Crippen molar-refractivity contribution in [3.63, 3.8) is 0 Å². The molecule has 5 nitrogen and oxygen atoms in total. The van der Waals surface area contributed by atoms with Gasteiger partial charge in [0.25, 0.3) is 0 Å². The van der Waals surface area contributed by atoms with Crippen LogP contribution in [0.1, 0.15) is 11.3 Å². The van der Waals surface area contributed by atoms with E-state index in [1.165, 1.54) is 18.2 Å². The van der Waals surface area contributed by atoms with Crippen LogP contribution in [0.3, 0.4) is 0 Å². The van der Waals surface area contributed by atoms with Crippen molar-refractivity contribution in [3.8, 4) is 5.75 Å². The summed E-state index contributed by atoms with van der Waals surface area (Å²) in [6.07, 6.45) is 1.56. The van der Waals surface area contributed by atoms with E-state index < -0.39 is 15.5 Å². The quantitative estimate of drug-likeness (QED) is 0.809. The lowest BCUT2D eigenvalue weighted by Gasteiger charge is -2.11. The highest BCUT2D eigenvalue weighted by atomic mass is 32.2. The number of nitrogens with zero attached hydrogens (tertiary/aromatic N) is 1. The van der Waals surface area contributed by atoms with Gasteiger partial charge in [0.15, 0.2) is 0 Å². The van der Waals surface area contributed by atoms with Gasteiger partial charge in [0.05, 0.1) is 5.69 Å². The van der Waals surface area contributed by atoms with Crippen LogP contribution in [-0.2, 0) is 17.2 Å². The van der Waals surface area contributed by atoms with Crippen molar-refractivity contribution in [3.05, 3.63) is 58.0 Å². The first-order valence-corrected chi connectivity index (χ1v) is 7.39. The van der Waals surface area contributed by atoms with Gasteiger partial charge in [0.1, 0.15) is 4.90 Å². The molecule has 0 bridgehead atoms. The summed E-state index contributed by atoms with van der Waals surface area (Å²) in [4.78, 5) is 11.8. The molecule has 0 atom stereocenters. The molecule has 0 unspecified atom stereocenters. The van der Waals surface area contributed by atoms with Gasteiger partial charge in [0.2, 0.25) is 11.2 Å². The van der Waals surface area contributed by atoms with Gasteiger partial charge < -0.3 is 8.75 Å². The molecule has 0 N–H and O–H groups in total. The van der Waals surface area contributed by atoms with Crippen molar-refractivity contribution in [2.75, 3.05) is 0 Å². The lowest BCUT2D eigenvalue weighted by molar-refractivity contribution is 0.477. The maximum absolute atomic E-state index is 12.2. The van der Waals surface area contributed by atoms with Crippen molar-refractivity contribution in [2.24, 2.45) is 7.05 Å². The molecule has 2 rings (SSSR count). The van der Waals surface area contributed by atoms with Gasteiger partial charge in [-0.15, -0.1) is 0 Å². The van der Waals surface area contributed by atoms with Gasteiger partial charge in [-0.2, -0.15) is 8.42 Å². The van der Waals surface area contributed by atoms with E-state index in [1.54, 1.807) is 36.9 Å².